The number of halogens is 2. The molecule has 10 nitrogen and oxygen atoms in total. The molecular formula is C19H20F2N6O4S. The van der Waals surface area contributed by atoms with Crippen LogP contribution in [0.5, 0.6) is 0 Å². The van der Waals surface area contributed by atoms with E-state index in [0.717, 1.165) is 17.2 Å². The number of carbonyl (C=O) groups is 1. The molecule has 0 aliphatic rings. The first-order valence-electron chi connectivity index (χ1n) is 9.22. The van der Waals surface area contributed by atoms with E-state index in [-0.39, 0.29) is 28.5 Å². The van der Waals surface area contributed by atoms with Gasteiger partial charge in [0.25, 0.3) is 0 Å². The van der Waals surface area contributed by atoms with Crippen LogP contribution in [0.25, 0.3) is 11.4 Å². The van der Waals surface area contributed by atoms with E-state index in [1.807, 2.05) is 0 Å². The molecule has 1 atom stereocenters. The van der Waals surface area contributed by atoms with E-state index >= 15 is 0 Å². The third-order valence-corrected chi connectivity index (χ3v) is 5.26. The van der Waals surface area contributed by atoms with Gasteiger partial charge in [-0.2, -0.15) is 0 Å². The number of hydrogen-bond acceptors (Lipinski definition) is 6. The summed E-state index contributed by atoms with van der Waals surface area (Å²) >= 11 is 0. The number of pyridine rings is 1. The average molecular weight is 466 g/mol. The summed E-state index contributed by atoms with van der Waals surface area (Å²) in [5, 5.41) is 17.8. The number of aromatic nitrogens is 4. The molecule has 0 aliphatic carbocycles. The van der Waals surface area contributed by atoms with Crippen LogP contribution in [0, 0.1) is 18.6 Å². The van der Waals surface area contributed by atoms with Crippen LogP contribution < -0.4 is 9.62 Å². The van der Waals surface area contributed by atoms with Crippen molar-refractivity contribution in [3.05, 3.63) is 53.2 Å². The van der Waals surface area contributed by atoms with Crippen molar-refractivity contribution >= 4 is 27.6 Å². The summed E-state index contributed by atoms with van der Waals surface area (Å²) in [4.78, 5) is 17.3. The van der Waals surface area contributed by atoms with Crippen LogP contribution in [0.3, 0.4) is 0 Å². The molecule has 0 bridgehead atoms. The molecule has 2 aromatic heterocycles. The number of nitrogens with zero attached hydrogens (tertiary/aromatic N) is 5. The molecule has 3 aromatic rings. The molecule has 13 heteroatoms. The zero-order chi connectivity index (χ0) is 23.8. The number of rotatable bonds is 6. The van der Waals surface area contributed by atoms with Crippen LogP contribution >= 0.6 is 0 Å². The largest absolute Gasteiger partial charge is 0.465 e. The van der Waals surface area contributed by atoms with Gasteiger partial charge in [0.15, 0.2) is 23.1 Å². The minimum atomic E-state index is -3.53. The summed E-state index contributed by atoms with van der Waals surface area (Å²) < 4.78 is 54.6. The molecule has 170 valence electrons. The summed E-state index contributed by atoms with van der Waals surface area (Å²) in [6.07, 6.45) is -0.446. The van der Waals surface area contributed by atoms with Crippen molar-refractivity contribution < 1.29 is 27.1 Å². The molecule has 1 amide bonds. The van der Waals surface area contributed by atoms with E-state index in [2.05, 4.69) is 20.0 Å². The summed E-state index contributed by atoms with van der Waals surface area (Å²) in [5.41, 5.74) is 0.661. The molecule has 0 spiro atoms. The highest BCUT2D eigenvalue weighted by molar-refractivity contribution is 7.92. The molecule has 0 aliphatic heterocycles. The molecule has 2 N–H and O–H groups in total. The lowest BCUT2D eigenvalue weighted by Gasteiger charge is -2.27. The van der Waals surface area contributed by atoms with Gasteiger partial charge in [-0.25, -0.2) is 31.7 Å². The normalized spacial score (nSPS) is 12.4. The van der Waals surface area contributed by atoms with Crippen LogP contribution in [0.1, 0.15) is 24.2 Å². The van der Waals surface area contributed by atoms with Gasteiger partial charge in [0.1, 0.15) is 0 Å². The van der Waals surface area contributed by atoms with Crippen molar-refractivity contribution in [2.24, 2.45) is 7.05 Å². The first-order chi connectivity index (χ1) is 14.9. The van der Waals surface area contributed by atoms with Crippen molar-refractivity contribution in [3.8, 4) is 11.4 Å². The fourth-order valence-corrected chi connectivity index (χ4v) is 3.83. The molecule has 0 radical (unpaired) electrons. The molecule has 1 aromatic carbocycles. The van der Waals surface area contributed by atoms with E-state index in [4.69, 9.17) is 0 Å². The third-order valence-electron chi connectivity index (χ3n) is 4.67. The zero-order valence-electron chi connectivity index (χ0n) is 17.5. The third kappa shape index (κ3) is 4.51. The molecule has 0 saturated carbocycles. The van der Waals surface area contributed by atoms with E-state index in [1.165, 1.54) is 42.9 Å². The Balaban J connectivity index is 2.11. The average Bonchev–Trinajstić information content (AvgIpc) is 3.05. The van der Waals surface area contributed by atoms with Gasteiger partial charge in [-0.05, 0) is 32.0 Å². The van der Waals surface area contributed by atoms with Gasteiger partial charge in [0, 0.05) is 12.6 Å². The number of hydrogen-bond donors (Lipinski definition) is 2. The maximum absolute atomic E-state index is 14.4. The number of aryl methyl sites for hydroxylation is 2. The number of nitrogens with one attached hydrogen (secondary N) is 1. The maximum atomic E-state index is 14.4. The van der Waals surface area contributed by atoms with Crippen molar-refractivity contribution in [2.75, 3.05) is 15.9 Å². The number of carboxylic acid groups (broad SMARTS) is 1. The van der Waals surface area contributed by atoms with Crippen molar-refractivity contribution in [3.63, 3.8) is 0 Å². The number of amides is 1. The second-order valence-electron chi connectivity index (χ2n) is 7.06. The quantitative estimate of drug-likeness (QED) is 0.571. The van der Waals surface area contributed by atoms with Crippen LogP contribution in [0.15, 0.2) is 30.3 Å². The number of anilines is 2. The first-order valence-corrected chi connectivity index (χ1v) is 11.1. The Labute approximate surface area is 182 Å². The monoisotopic (exact) mass is 466 g/mol. The highest BCUT2D eigenvalue weighted by Gasteiger charge is 2.32. The van der Waals surface area contributed by atoms with Gasteiger partial charge in [0.2, 0.25) is 10.0 Å². The van der Waals surface area contributed by atoms with Crippen molar-refractivity contribution in [2.45, 2.75) is 19.9 Å². The minimum absolute atomic E-state index is 0.0237. The lowest BCUT2D eigenvalue weighted by atomic mass is 10.1. The van der Waals surface area contributed by atoms with E-state index in [1.54, 1.807) is 6.92 Å². The Morgan fingerprint density at radius 2 is 1.94 bits per heavy atom. The van der Waals surface area contributed by atoms with Gasteiger partial charge in [-0.15, -0.1) is 5.10 Å². The topological polar surface area (TPSA) is 130 Å². The lowest BCUT2D eigenvalue weighted by molar-refractivity contribution is 0.199. The van der Waals surface area contributed by atoms with E-state index in [0.29, 0.717) is 5.69 Å². The fraction of sp³-hybridized carbons (Fsp3) is 0.263. The van der Waals surface area contributed by atoms with E-state index < -0.39 is 33.8 Å². The predicted molar refractivity (Wildman–Crippen MR) is 113 cm³/mol. The Morgan fingerprint density at radius 1 is 1.25 bits per heavy atom. The summed E-state index contributed by atoms with van der Waals surface area (Å²) in [6.45, 7) is 2.97. The van der Waals surface area contributed by atoms with Gasteiger partial charge < -0.3 is 5.11 Å². The zero-order valence-corrected chi connectivity index (χ0v) is 18.4. The molecule has 1 unspecified atom stereocenters. The molecule has 2 heterocycles. The van der Waals surface area contributed by atoms with Crippen LogP contribution in [-0.4, -0.2) is 45.9 Å². The fourth-order valence-electron chi connectivity index (χ4n) is 3.21. The van der Waals surface area contributed by atoms with Gasteiger partial charge in [-0.1, -0.05) is 17.3 Å². The first kappa shape index (κ1) is 23.1. The molecule has 32 heavy (non-hydrogen) atoms. The molecule has 3 rings (SSSR count). The summed E-state index contributed by atoms with van der Waals surface area (Å²) in [6, 6.07) is 5.28. The molecule has 0 saturated heterocycles. The highest BCUT2D eigenvalue weighted by Crippen LogP contribution is 2.35. The van der Waals surface area contributed by atoms with E-state index in [9.17, 15) is 27.1 Å². The molecular weight excluding hydrogens is 446 g/mol. The number of sulfonamides is 1. The Hall–Kier alpha value is -3.61. The summed E-state index contributed by atoms with van der Waals surface area (Å²) in [7, 11) is -2.08. The Morgan fingerprint density at radius 3 is 2.53 bits per heavy atom. The van der Waals surface area contributed by atoms with Crippen molar-refractivity contribution in [1.29, 1.82) is 0 Å². The second kappa shape index (κ2) is 8.49. The maximum Gasteiger partial charge on any atom is 0.413 e. The smallest absolute Gasteiger partial charge is 0.413 e. The SMILES string of the molecule is Cc1nc(-c2nnn(C)c2N(C(=O)O)C(C)c2cccc(F)c2F)ccc1NS(C)(=O)=O. The predicted octanol–water partition coefficient (Wildman–Crippen LogP) is 3.08. The second-order valence-corrected chi connectivity index (χ2v) is 8.81. The highest BCUT2D eigenvalue weighted by atomic mass is 32.2. The Kier molecular flexibility index (Phi) is 6.12. The van der Waals surface area contributed by atoms with Crippen LogP contribution in [0.4, 0.5) is 25.1 Å². The standard InChI is InChI=1S/C19H20F2N6O4S/c1-10-14(24-32(4,30)31)8-9-15(22-10)17-18(26(3)25-23-17)27(19(28)29)11(2)12-6-5-7-13(20)16(12)21/h5-9,11,24H,1-4H3,(H,28,29). The lowest BCUT2D eigenvalue weighted by Crippen LogP contribution is -2.34. The minimum Gasteiger partial charge on any atom is -0.465 e. The van der Waals surface area contributed by atoms with Crippen LogP contribution in [0.2, 0.25) is 0 Å². The van der Waals surface area contributed by atoms with Gasteiger partial charge in [0.05, 0.1) is 29.4 Å². The molecule has 0 fully saturated rings. The van der Waals surface area contributed by atoms with Gasteiger partial charge in [-0.3, -0.25) is 9.62 Å². The Bertz CT molecular complexity index is 1290. The van der Waals surface area contributed by atoms with Gasteiger partial charge >= 0.3 is 6.09 Å². The van der Waals surface area contributed by atoms with Crippen molar-refractivity contribution in [1.82, 2.24) is 20.0 Å². The van der Waals surface area contributed by atoms with Crippen LogP contribution in [-0.2, 0) is 17.1 Å². The summed E-state index contributed by atoms with van der Waals surface area (Å²) in [5.74, 6) is -2.29. The number of benzene rings is 1.